The van der Waals surface area contributed by atoms with E-state index in [1.807, 2.05) is 12.1 Å². The Morgan fingerprint density at radius 3 is 3.06 bits per heavy atom. The van der Waals surface area contributed by atoms with Crippen LogP contribution in [0.1, 0.15) is 0 Å². The van der Waals surface area contributed by atoms with Crippen LogP contribution in [0.4, 0.5) is 5.13 Å². The molecular weight excluding hydrogens is 238 g/mol. The van der Waals surface area contributed by atoms with Gasteiger partial charge in [-0.15, -0.1) is 0 Å². The Bertz CT molecular complexity index is 661. The van der Waals surface area contributed by atoms with E-state index in [4.69, 9.17) is 14.9 Å². The van der Waals surface area contributed by atoms with Crippen LogP contribution in [-0.4, -0.2) is 17.1 Å². The first-order valence-electron chi connectivity index (χ1n) is 4.92. The zero-order chi connectivity index (χ0) is 11.8. The molecule has 0 atom stereocenters. The molecule has 6 heteroatoms. The molecule has 3 aromatic rings. The Morgan fingerprint density at radius 1 is 1.47 bits per heavy atom. The second-order valence-corrected chi connectivity index (χ2v) is 4.42. The second-order valence-electron chi connectivity index (χ2n) is 3.39. The van der Waals surface area contributed by atoms with Crippen molar-refractivity contribution in [3.8, 4) is 17.2 Å². The molecule has 0 aliphatic rings. The first-order chi connectivity index (χ1) is 8.29. The Morgan fingerprint density at radius 2 is 2.35 bits per heavy atom. The maximum Gasteiger partial charge on any atom is 0.241 e. The molecule has 86 valence electrons. The molecule has 0 radical (unpaired) electrons. The van der Waals surface area contributed by atoms with E-state index < -0.39 is 0 Å². The molecule has 0 saturated carbocycles. The Kier molecular flexibility index (Phi) is 2.22. The molecule has 0 bridgehead atoms. The van der Waals surface area contributed by atoms with Gasteiger partial charge in [0.15, 0.2) is 5.13 Å². The summed E-state index contributed by atoms with van der Waals surface area (Å²) in [7, 11) is 1.56. The van der Waals surface area contributed by atoms with Crippen LogP contribution >= 0.6 is 11.3 Å². The van der Waals surface area contributed by atoms with Crippen molar-refractivity contribution in [3.05, 3.63) is 24.6 Å². The average Bonchev–Trinajstić information content (AvgIpc) is 2.95. The summed E-state index contributed by atoms with van der Waals surface area (Å²) < 4.78 is 11.4. The number of rotatable bonds is 2. The van der Waals surface area contributed by atoms with Gasteiger partial charge in [0, 0.05) is 6.20 Å². The molecule has 0 fully saturated rings. The summed E-state index contributed by atoms with van der Waals surface area (Å²) in [6, 6.07) is 3.70. The van der Waals surface area contributed by atoms with Gasteiger partial charge < -0.3 is 14.9 Å². The van der Waals surface area contributed by atoms with E-state index in [0.29, 0.717) is 16.5 Å². The molecule has 5 nitrogen and oxygen atoms in total. The number of furan rings is 1. The van der Waals surface area contributed by atoms with E-state index in [0.717, 1.165) is 16.0 Å². The molecule has 3 heterocycles. The number of nitrogens with zero attached hydrogens (tertiary/aromatic N) is 2. The maximum absolute atomic E-state index is 5.73. The lowest BCUT2D eigenvalue weighted by molar-refractivity contribution is 0.402. The molecule has 0 aliphatic heterocycles. The summed E-state index contributed by atoms with van der Waals surface area (Å²) in [5.74, 6) is 1.22. The van der Waals surface area contributed by atoms with Crippen molar-refractivity contribution in [2.75, 3.05) is 12.8 Å². The minimum absolute atomic E-state index is 0.475. The molecule has 0 spiro atoms. The molecule has 3 rings (SSSR count). The number of nitrogen functional groups attached to an aromatic ring is 1. The number of pyridine rings is 1. The smallest absolute Gasteiger partial charge is 0.241 e. The highest BCUT2D eigenvalue weighted by molar-refractivity contribution is 7.22. The van der Waals surface area contributed by atoms with Crippen LogP contribution in [-0.2, 0) is 0 Å². The predicted molar refractivity (Wildman–Crippen MR) is 66.1 cm³/mol. The van der Waals surface area contributed by atoms with Crippen molar-refractivity contribution in [1.29, 1.82) is 0 Å². The van der Waals surface area contributed by atoms with Gasteiger partial charge in [-0.05, 0) is 12.1 Å². The van der Waals surface area contributed by atoms with Gasteiger partial charge in [-0.25, -0.2) is 9.97 Å². The normalized spacial score (nSPS) is 10.9. The van der Waals surface area contributed by atoms with E-state index >= 15 is 0 Å². The molecule has 2 N–H and O–H groups in total. The van der Waals surface area contributed by atoms with Gasteiger partial charge >= 0.3 is 0 Å². The van der Waals surface area contributed by atoms with Gasteiger partial charge in [-0.2, -0.15) is 0 Å². The van der Waals surface area contributed by atoms with Crippen molar-refractivity contribution in [3.63, 3.8) is 0 Å². The summed E-state index contributed by atoms with van der Waals surface area (Å²) in [6.07, 6.45) is 3.33. The van der Waals surface area contributed by atoms with Crippen LogP contribution < -0.4 is 10.5 Å². The van der Waals surface area contributed by atoms with Gasteiger partial charge in [0.1, 0.15) is 11.3 Å². The van der Waals surface area contributed by atoms with Crippen molar-refractivity contribution < 1.29 is 9.15 Å². The van der Waals surface area contributed by atoms with Gasteiger partial charge in [-0.1, -0.05) is 11.3 Å². The Labute approximate surface area is 101 Å². The van der Waals surface area contributed by atoms with Gasteiger partial charge in [0.25, 0.3) is 0 Å². The van der Waals surface area contributed by atoms with Crippen molar-refractivity contribution in [2.24, 2.45) is 0 Å². The number of thiazole rings is 1. The largest absolute Gasteiger partial charge is 0.479 e. The van der Waals surface area contributed by atoms with Crippen LogP contribution in [0.25, 0.3) is 21.5 Å². The SMILES string of the molecule is COc1ncc(-c2ccco2)c2sc(N)nc12. The maximum atomic E-state index is 5.73. The number of aromatic nitrogens is 2. The third kappa shape index (κ3) is 1.53. The molecule has 17 heavy (non-hydrogen) atoms. The van der Waals surface area contributed by atoms with Crippen LogP contribution in [0, 0.1) is 0 Å². The van der Waals surface area contributed by atoms with Crippen molar-refractivity contribution >= 4 is 26.7 Å². The number of hydrogen-bond donors (Lipinski definition) is 1. The van der Waals surface area contributed by atoms with Gasteiger partial charge in [-0.3, -0.25) is 0 Å². The van der Waals surface area contributed by atoms with E-state index in [1.165, 1.54) is 11.3 Å². The second kappa shape index (κ2) is 3.74. The Hall–Kier alpha value is -2.08. The quantitative estimate of drug-likeness (QED) is 0.753. The number of nitrogens with two attached hydrogens (primary N) is 1. The van der Waals surface area contributed by atoms with E-state index in [2.05, 4.69) is 9.97 Å². The summed E-state index contributed by atoms with van der Waals surface area (Å²) in [5.41, 5.74) is 7.28. The highest BCUT2D eigenvalue weighted by Crippen LogP contribution is 2.37. The van der Waals surface area contributed by atoms with E-state index in [1.54, 1.807) is 19.6 Å². The van der Waals surface area contributed by atoms with E-state index in [9.17, 15) is 0 Å². The monoisotopic (exact) mass is 247 g/mol. The summed E-state index contributed by atoms with van der Waals surface area (Å²) in [4.78, 5) is 8.42. The van der Waals surface area contributed by atoms with Crippen molar-refractivity contribution in [2.45, 2.75) is 0 Å². The minimum atomic E-state index is 0.475. The molecule has 0 saturated heterocycles. The lowest BCUT2D eigenvalue weighted by Gasteiger charge is -2.02. The van der Waals surface area contributed by atoms with Gasteiger partial charge in [0.05, 0.1) is 23.6 Å². The first-order valence-corrected chi connectivity index (χ1v) is 5.74. The Balaban J connectivity index is 2.34. The molecular formula is C11H9N3O2S. The molecule has 0 aromatic carbocycles. The standard InChI is InChI=1S/C11H9N3O2S/c1-15-10-8-9(17-11(12)14-8)6(5-13-10)7-3-2-4-16-7/h2-5H,1H3,(H2,12,14). The lowest BCUT2D eigenvalue weighted by Crippen LogP contribution is -1.90. The third-order valence-corrected chi connectivity index (χ3v) is 3.30. The van der Waals surface area contributed by atoms with Crippen LogP contribution in [0.5, 0.6) is 5.88 Å². The number of ether oxygens (including phenoxy) is 1. The predicted octanol–water partition coefficient (Wildman–Crippen LogP) is 2.54. The number of hydrogen-bond acceptors (Lipinski definition) is 6. The fraction of sp³-hybridized carbons (Fsp3) is 0.0909. The topological polar surface area (TPSA) is 74.2 Å². The minimum Gasteiger partial charge on any atom is -0.479 e. The van der Waals surface area contributed by atoms with Gasteiger partial charge in [0.2, 0.25) is 5.88 Å². The fourth-order valence-electron chi connectivity index (χ4n) is 1.66. The van der Waals surface area contributed by atoms with E-state index in [-0.39, 0.29) is 0 Å². The lowest BCUT2D eigenvalue weighted by atomic mass is 10.2. The molecule has 0 amide bonds. The molecule has 0 aliphatic carbocycles. The fourth-order valence-corrected chi connectivity index (χ4v) is 2.50. The third-order valence-electron chi connectivity index (χ3n) is 2.38. The number of fused-ring (bicyclic) bond motifs is 1. The number of anilines is 1. The van der Waals surface area contributed by atoms with Crippen molar-refractivity contribution in [1.82, 2.24) is 9.97 Å². The molecule has 0 unspecified atom stereocenters. The highest BCUT2D eigenvalue weighted by atomic mass is 32.1. The van der Waals surface area contributed by atoms with Crippen LogP contribution in [0.2, 0.25) is 0 Å². The highest BCUT2D eigenvalue weighted by Gasteiger charge is 2.15. The zero-order valence-corrected chi connectivity index (χ0v) is 9.82. The molecule has 3 aromatic heterocycles. The summed E-state index contributed by atoms with van der Waals surface area (Å²) in [5, 5.41) is 0.485. The van der Waals surface area contributed by atoms with Crippen LogP contribution in [0.15, 0.2) is 29.0 Å². The zero-order valence-electron chi connectivity index (χ0n) is 9.01. The first kappa shape index (κ1) is 10.1. The summed E-state index contributed by atoms with van der Waals surface area (Å²) >= 11 is 1.39. The number of methoxy groups -OCH3 is 1. The van der Waals surface area contributed by atoms with Crippen LogP contribution in [0.3, 0.4) is 0 Å². The summed E-state index contributed by atoms with van der Waals surface area (Å²) in [6.45, 7) is 0. The average molecular weight is 247 g/mol.